The van der Waals surface area contributed by atoms with Gasteiger partial charge in [-0.25, -0.2) is 0 Å². The number of hydrazone groups is 1. The Morgan fingerprint density at radius 3 is 3.15 bits per heavy atom. The van der Waals surface area contributed by atoms with Crippen molar-refractivity contribution < 1.29 is 0 Å². The molecule has 13 heavy (non-hydrogen) atoms. The number of rotatable bonds is 0. The molecule has 3 rings (SSSR count). The van der Waals surface area contributed by atoms with Crippen molar-refractivity contribution in [3.05, 3.63) is 29.8 Å². The van der Waals surface area contributed by atoms with E-state index in [2.05, 4.69) is 40.1 Å². The van der Waals surface area contributed by atoms with Crippen molar-refractivity contribution in [1.29, 1.82) is 0 Å². The number of nitrogens with one attached hydrogen (secondary N) is 2. The Morgan fingerprint density at radius 2 is 2.15 bits per heavy atom. The summed E-state index contributed by atoms with van der Waals surface area (Å²) in [6.45, 7) is 1.97. The summed E-state index contributed by atoms with van der Waals surface area (Å²) >= 11 is 0. The van der Waals surface area contributed by atoms with Gasteiger partial charge in [-0.3, -0.25) is 0 Å². The fourth-order valence-electron chi connectivity index (χ4n) is 1.97. The van der Waals surface area contributed by atoms with Gasteiger partial charge in [0.2, 0.25) is 0 Å². The van der Waals surface area contributed by atoms with Crippen LogP contribution in [0, 0.1) is 5.92 Å². The zero-order chi connectivity index (χ0) is 8.67. The topological polar surface area (TPSA) is 36.4 Å². The van der Waals surface area contributed by atoms with Crippen molar-refractivity contribution in [3.63, 3.8) is 0 Å². The molecule has 0 amide bonds. The number of benzene rings is 1. The third-order valence-electron chi connectivity index (χ3n) is 2.67. The summed E-state index contributed by atoms with van der Waals surface area (Å²) in [5, 5.41) is 7.74. The van der Waals surface area contributed by atoms with Gasteiger partial charge < -0.3 is 10.7 Å². The van der Waals surface area contributed by atoms with Crippen LogP contribution in [-0.2, 0) is 0 Å². The van der Waals surface area contributed by atoms with Gasteiger partial charge in [-0.15, -0.1) is 0 Å². The van der Waals surface area contributed by atoms with Crippen LogP contribution < -0.4 is 10.7 Å². The maximum Gasteiger partial charge on any atom is 0.0762 e. The van der Waals surface area contributed by atoms with Gasteiger partial charge in [0.1, 0.15) is 0 Å². The zero-order valence-electron chi connectivity index (χ0n) is 7.25. The first-order chi connectivity index (χ1) is 6.45. The molecule has 0 fully saturated rings. The Morgan fingerprint density at radius 1 is 1.23 bits per heavy atom. The largest absolute Gasteiger partial charge is 0.384 e. The van der Waals surface area contributed by atoms with Gasteiger partial charge in [0.15, 0.2) is 0 Å². The van der Waals surface area contributed by atoms with Crippen molar-refractivity contribution in [1.82, 2.24) is 5.43 Å². The molecule has 0 bridgehead atoms. The fraction of sp³-hybridized carbons (Fsp3) is 0.300. The molecule has 0 aliphatic carbocycles. The van der Waals surface area contributed by atoms with E-state index in [0.717, 1.165) is 13.1 Å². The van der Waals surface area contributed by atoms with E-state index in [1.807, 2.05) is 0 Å². The third kappa shape index (κ3) is 0.932. The van der Waals surface area contributed by atoms with Crippen LogP contribution in [0.1, 0.15) is 5.56 Å². The predicted octanol–water partition coefficient (Wildman–Crippen LogP) is 1.04. The lowest BCUT2D eigenvalue weighted by atomic mass is 9.93. The van der Waals surface area contributed by atoms with Crippen molar-refractivity contribution in [3.8, 4) is 0 Å². The highest BCUT2D eigenvalue weighted by Crippen LogP contribution is 2.26. The van der Waals surface area contributed by atoms with E-state index < -0.39 is 0 Å². The first-order valence-corrected chi connectivity index (χ1v) is 4.59. The van der Waals surface area contributed by atoms with Crippen LogP contribution in [0.5, 0.6) is 0 Å². The molecule has 2 heterocycles. The summed E-state index contributed by atoms with van der Waals surface area (Å²) in [5.41, 5.74) is 6.73. The van der Waals surface area contributed by atoms with Crippen molar-refractivity contribution >= 4 is 11.4 Å². The fourth-order valence-corrected chi connectivity index (χ4v) is 1.97. The molecule has 2 aliphatic heterocycles. The molecule has 2 N–H and O–H groups in total. The smallest absolute Gasteiger partial charge is 0.0762 e. The molecule has 66 valence electrons. The summed E-state index contributed by atoms with van der Waals surface area (Å²) in [6.07, 6.45) is 0. The minimum Gasteiger partial charge on any atom is -0.384 e. The molecule has 1 atom stereocenters. The Kier molecular flexibility index (Phi) is 1.33. The van der Waals surface area contributed by atoms with E-state index in [1.54, 1.807) is 0 Å². The lowest BCUT2D eigenvalue weighted by molar-refractivity contribution is 0.679. The molecule has 1 aromatic carbocycles. The van der Waals surface area contributed by atoms with Gasteiger partial charge in [-0.05, 0) is 6.07 Å². The summed E-state index contributed by atoms with van der Waals surface area (Å²) in [4.78, 5) is 0. The Labute approximate surface area is 76.8 Å². The molecule has 0 radical (unpaired) electrons. The SMILES string of the molecule is c1ccc2c(c1)NCC1CNN=C21. The first-order valence-electron chi connectivity index (χ1n) is 4.59. The van der Waals surface area contributed by atoms with Gasteiger partial charge in [-0.2, -0.15) is 5.10 Å². The third-order valence-corrected chi connectivity index (χ3v) is 2.67. The summed E-state index contributed by atoms with van der Waals surface area (Å²) in [5.74, 6) is 0.551. The second-order valence-corrected chi connectivity index (χ2v) is 3.48. The molecule has 1 unspecified atom stereocenters. The first kappa shape index (κ1) is 6.95. The molecule has 3 nitrogen and oxygen atoms in total. The van der Waals surface area contributed by atoms with E-state index in [0.29, 0.717) is 5.92 Å². The Balaban J connectivity index is 2.15. The molecule has 0 aromatic heterocycles. The molecular weight excluding hydrogens is 162 g/mol. The number of fused-ring (bicyclic) bond motifs is 3. The predicted molar refractivity (Wildman–Crippen MR) is 53.0 cm³/mol. The van der Waals surface area contributed by atoms with Crippen molar-refractivity contribution in [2.45, 2.75) is 0 Å². The number of hydrogen-bond acceptors (Lipinski definition) is 3. The zero-order valence-corrected chi connectivity index (χ0v) is 7.25. The van der Waals surface area contributed by atoms with E-state index in [4.69, 9.17) is 0 Å². The average Bonchev–Trinajstić information content (AvgIpc) is 2.65. The van der Waals surface area contributed by atoms with Gasteiger partial charge in [-0.1, -0.05) is 18.2 Å². The van der Waals surface area contributed by atoms with Crippen LogP contribution >= 0.6 is 0 Å². The molecule has 0 saturated carbocycles. The Hall–Kier alpha value is -1.51. The summed E-state index contributed by atoms with van der Waals surface area (Å²) in [7, 11) is 0. The normalized spacial score (nSPS) is 23.7. The van der Waals surface area contributed by atoms with Crippen LogP contribution in [-0.4, -0.2) is 18.8 Å². The van der Waals surface area contributed by atoms with Crippen molar-refractivity contribution in [2.24, 2.45) is 11.0 Å². The molecule has 0 spiro atoms. The highest BCUT2D eigenvalue weighted by molar-refractivity contribution is 6.08. The highest BCUT2D eigenvalue weighted by atomic mass is 15.3. The van der Waals surface area contributed by atoms with Crippen LogP contribution in [0.3, 0.4) is 0 Å². The maximum absolute atomic E-state index is 4.33. The number of nitrogens with zero attached hydrogens (tertiary/aromatic N) is 1. The van der Waals surface area contributed by atoms with Crippen LogP contribution in [0.25, 0.3) is 0 Å². The van der Waals surface area contributed by atoms with E-state index in [-0.39, 0.29) is 0 Å². The molecule has 3 heteroatoms. The van der Waals surface area contributed by atoms with E-state index in [1.165, 1.54) is 17.0 Å². The van der Waals surface area contributed by atoms with E-state index >= 15 is 0 Å². The average molecular weight is 173 g/mol. The van der Waals surface area contributed by atoms with Gasteiger partial charge in [0, 0.05) is 30.3 Å². The molecular formula is C10H11N3. The lowest BCUT2D eigenvalue weighted by Gasteiger charge is -2.22. The number of para-hydroxylation sites is 1. The molecule has 0 saturated heterocycles. The molecule has 2 aliphatic rings. The van der Waals surface area contributed by atoms with Crippen LogP contribution in [0.15, 0.2) is 29.4 Å². The van der Waals surface area contributed by atoms with Crippen molar-refractivity contribution in [2.75, 3.05) is 18.4 Å². The quantitative estimate of drug-likeness (QED) is 0.615. The van der Waals surface area contributed by atoms with Gasteiger partial charge in [0.25, 0.3) is 0 Å². The monoisotopic (exact) mass is 173 g/mol. The van der Waals surface area contributed by atoms with Gasteiger partial charge in [0.05, 0.1) is 5.71 Å². The highest BCUT2D eigenvalue weighted by Gasteiger charge is 2.27. The maximum atomic E-state index is 4.33. The summed E-state index contributed by atoms with van der Waals surface area (Å²) in [6, 6.07) is 8.34. The Bertz CT molecular complexity index is 370. The molecule has 1 aromatic rings. The lowest BCUT2D eigenvalue weighted by Crippen LogP contribution is -2.30. The van der Waals surface area contributed by atoms with E-state index in [9.17, 15) is 0 Å². The number of anilines is 1. The summed E-state index contributed by atoms with van der Waals surface area (Å²) < 4.78 is 0. The minimum atomic E-state index is 0.551. The van der Waals surface area contributed by atoms with Gasteiger partial charge >= 0.3 is 0 Å². The second-order valence-electron chi connectivity index (χ2n) is 3.48. The van der Waals surface area contributed by atoms with Crippen LogP contribution in [0.2, 0.25) is 0 Å². The second kappa shape index (κ2) is 2.49. The van der Waals surface area contributed by atoms with Crippen LogP contribution in [0.4, 0.5) is 5.69 Å². The standard InChI is InChI=1S/C10H11N3/c1-2-4-9-8(3-1)10-7(5-11-9)6-12-13-10/h1-4,7,11-12H,5-6H2. The minimum absolute atomic E-state index is 0.551. The number of hydrogen-bond donors (Lipinski definition) is 2.